The number of fused-ring (bicyclic) bond motifs is 1. The van der Waals surface area contributed by atoms with Gasteiger partial charge in [-0.1, -0.05) is 38.1 Å². The zero-order chi connectivity index (χ0) is 24.7. The second-order valence-electron chi connectivity index (χ2n) is 10.3. The number of hydrogen-bond donors (Lipinski definition) is 0. The summed E-state index contributed by atoms with van der Waals surface area (Å²) in [6.45, 7) is 7.29. The third-order valence-corrected chi connectivity index (χ3v) is 7.00. The standard InChI is InChI=1S/C29H28N4O2/c1-19-9-22(16-31-15-19)10-20-7-8-26-25(12-20)29(2,3)18-33(26)28(35)23-13-27(34)32(17-23)24-6-4-5-21(11-24)14-30/h4-9,11-12,15-16,23H,10,13,17-18H2,1-3H3. The minimum absolute atomic E-state index is 0.0141. The van der Waals surface area contributed by atoms with Crippen LogP contribution in [0.15, 0.2) is 60.9 Å². The average molecular weight is 465 g/mol. The van der Waals surface area contributed by atoms with Gasteiger partial charge >= 0.3 is 0 Å². The molecule has 0 N–H and O–H groups in total. The second kappa shape index (κ2) is 8.66. The number of rotatable bonds is 4. The number of carbonyl (C=O) groups is 2. The monoisotopic (exact) mass is 464 g/mol. The lowest BCUT2D eigenvalue weighted by molar-refractivity contribution is -0.124. The Morgan fingerprint density at radius 2 is 1.97 bits per heavy atom. The van der Waals surface area contributed by atoms with Crippen molar-refractivity contribution < 1.29 is 9.59 Å². The smallest absolute Gasteiger partial charge is 0.232 e. The van der Waals surface area contributed by atoms with Gasteiger partial charge in [0.05, 0.1) is 17.6 Å². The van der Waals surface area contributed by atoms with Crippen molar-refractivity contribution in [1.29, 1.82) is 5.26 Å². The van der Waals surface area contributed by atoms with Crippen LogP contribution < -0.4 is 9.80 Å². The van der Waals surface area contributed by atoms with E-state index in [2.05, 4.69) is 43.1 Å². The molecular weight excluding hydrogens is 436 g/mol. The van der Waals surface area contributed by atoms with E-state index in [0.29, 0.717) is 24.3 Å². The van der Waals surface area contributed by atoms with E-state index in [4.69, 9.17) is 0 Å². The normalized spacial score (nSPS) is 18.5. The minimum Gasteiger partial charge on any atom is -0.312 e. The highest BCUT2D eigenvalue weighted by molar-refractivity contribution is 6.05. The third kappa shape index (κ3) is 4.30. The van der Waals surface area contributed by atoms with E-state index >= 15 is 0 Å². The fraction of sp³-hybridized carbons (Fsp3) is 0.310. The van der Waals surface area contributed by atoms with Gasteiger partial charge in [0.15, 0.2) is 0 Å². The zero-order valence-electron chi connectivity index (χ0n) is 20.3. The Kier molecular flexibility index (Phi) is 5.64. The first kappa shape index (κ1) is 22.8. The van der Waals surface area contributed by atoms with Gasteiger partial charge < -0.3 is 9.80 Å². The predicted molar refractivity (Wildman–Crippen MR) is 135 cm³/mol. The molecule has 1 atom stereocenters. The molecule has 0 bridgehead atoms. The topological polar surface area (TPSA) is 77.3 Å². The van der Waals surface area contributed by atoms with Crippen molar-refractivity contribution in [2.45, 2.75) is 39.0 Å². The molecule has 1 saturated heterocycles. The Hall–Kier alpha value is -3.98. The summed E-state index contributed by atoms with van der Waals surface area (Å²) in [5, 5.41) is 9.19. The second-order valence-corrected chi connectivity index (χ2v) is 10.3. The van der Waals surface area contributed by atoms with E-state index in [1.165, 1.54) is 11.1 Å². The Bertz CT molecular complexity index is 1370. The molecule has 1 aromatic heterocycles. The third-order valence-electron chi connectivity index (χ3n) is 7.00. The van der Waals surface area contributed by atoms with E-state index in [1.807, 2.05) is 36.4 Å². The summed E-state index contributed by atoms with van der Waals surface area (Å²) in [7, 11) is 0. The molecule has 0 spiro atoms. The van der Waals surface area contributed by atoms with Gasteiger partial charge in [-0.2, -0.15) is 5.26 Å². The van der Waals surface area contributed by atoms with Crippen LogP contribution in [0.2, 0.25) is 0 Å². The van der Waals surface area contributed by atoms with Crippen molar-refractivity contribution >= 4 is 23.2 Å². The van der Waals surface area contributed by atoms with E-state index in [-0.39, 0.29) is 23.7 Å². The van der Waals surface area contributed by atoms with Crippen molar-refractivity contribution in [2.75, 3.05) is 22.9 Å². The molecular formula is C29H28N4O2. The lowest BCUT2D eigenvalue weighted by Crippen LogP contribution is -2.39. The molecule has 1 fully saturated rings. The predicted octanol–water partition coefficient (Wildman–Crippen LogP) is 4.53. The van der Waals surface area contributed by atoms with E-state index < -0.39 is 5.92 Å². The SMILES string of the molecule is Cc1cncc(Cc2ccc3c(c2)C(C)(C)CN3C(=O)C2CC(=O)N(c3cccc(C#N)c3)C2)c1. The summed E-state index contributed by atoms with van der Waals surface area (Å²) in [5.41, 5.74) is 6.57. The maximum absolute atomic E-state index is 13.6. The lowest BCUT2D eigenvalue weighted by Gasteiger charge is -2.23. The summed E-state index contributed by atoms with van der Waals surface area (Å²) in [6.07, 6.45) is 4.73. The number of hydrogen-bond acceptors (Lipinski definition) is 4. The van der Waals surface area contributed by atoms with Crippen LogP contribution in [-0.2, 0) is 21.4 Å². The van der Waals surface area contributed by atoms with Crippen molar-refractivity contribution in [3.63, 3.8) is 0 Å². The quantitative estimate of drug-likeness (QED) is 0.568. The molecule has 0 saturated carbocycles. The van der Waals surface area contributed by atoms with Gasteiger partial charge in [0.25, 0.3) is 0 Å². The molecule has 2 amide bonds. The summed E-state index contributed by atoms with van der Waals surface area (Å²) >= 11 is 0. The molecule has 3 heterocycles. The first-order chi connectivity index (χ1) is 16.7. The maximum Gasteiger partial charge on any atom is 0.232 e. The molecule has 0 radical (unpaired) electrons. The van der Waals surface area contributed by atoms with Crippen LogP contribution >= 0.6 is 0 Å². The highest BCUT2D eigenvalue weighted by atomic mass is 16.2. The number of carbonyl (C=O) groups excluding carboxylic acids is 2. The maximum atomic E-state index is 13.6. The van der Waals surface area contributed by atoms with Gasteiger partial charge in [0.2, 0.25) is 11.8 Å². The van der Waals surface area contributed by atoms with Crippen molar-refractivity contribution in [3.05, 3.63) is 88.7 Å². The highest BCUT2D eigenvalue weighted by Gasteiger charge is 2.43. The van der Waals surface area contributed by atoms with Crippen molar-refractivity contribution in [1.82, 2.24) is 4.98 Å². The number of pyridine rings is 1. The first-order valence-electron chi connectivity index (χ1n) is 11.9. The van der Waals surface area contributed by atoms with Crippen LogP contribution in [0.1, 0.15) is 48.1 Å². The fourth-order valence-corrected chi connectivity index (χ4v) is 5.27. The number of anilines is 2. The number of aryl methyl sites for hydroxylation is 1. The first-order valence-corrected chi connectivity index (χ1v) is 11.9. The summed E-state index contributed by atoms with van der Waals surface area (Å²) in [4.78, 5) is 34.2. The molecule has 2 aliphatic rings. The largest absolute Gasteiger partial charge is 0.312 e. The number of amides is 2. The van der Waals surface area contributed by atoms with Gasteiger partial charge in [-0.3, -0.25) is 14.6 Å². The number of nitrogens with zero attached hydrogens (tertiary/aromatic N) is 4. The number of benzene rings is 2. The lowest BCUT2D eigenvalue weighted by atomic mass is 9.85. The Labute approximate surface area is 205 Å². The number of aromatic nitrogens is 1. The molecule has 3 aromatic rings. The molecule has 2 aromatic carbocycles. The Balaban J connectivity index is 1.37. The average Bonchev–Trinajstić information content (AvgIpc) is 3.35. The fourth-order valence-electron chi connectivity index (χ4n) is 5.27. The van der Waals surface area contributed by atoms with E-state index in [9.17, 15) is 14.9 Å². The Morgan fingerprint density at radius 3 is 2.74 bits per heavy atom. The highest BCUT2D eigenvalue weighted by Crippen LogP contribution is 2.42. The molecule has 6 heteroatoms. The van der Waals surface area contributed by atoms with Crippen LogP contribution in [0.5, 0.6) is 0 Å². The minimum atomic E-state index is -0.409. The summed E-state index contributed by atoms with van der Waals surface area (Å²) < 4.78 is 0. The molecule has 2 aliphatic heterocycles. The summed E-state index contributed by atoms with van der Waals surface area (Å²) in [6, 6.07) is 17.6. The van der Waals surface area contributed by atoms with Gasteiger partial charge in [0, 0.05) is 48.7 Å². The molecule has 0 aliphatic carbocycles. The Morgan fingerprint density at radius 1 is 1.14 bits per heavy atom. The van der Waals surface area contributed by atoms with Crippen molar-refractivity contribution in [2.24, 2.45) is 5.92 Å². The van der Waals surface area contributed by atoms with Crippen LogP contribution in [0.4, 0.5) is 11.4 Å². The van der Waals surface area contributed by atoms with Crippen LogP contribution in [0.25, 0.3) is 0 Å². The van der Waals surface area contributed by atoms with E-state index in [1.54, 1.807) is 23.1 Å². The van der Waals surface area contributed by atoms with Crippen LogP contribution in [-0.4, -0.2) is 29.9 Å². The van der Waals surface area contributed by atoms with Gasteiger partial charge in [0.1, 0.15) is 0 Å². The molecule has 5 rings (SSSR count). The van der Waals surface area contributed by atoms with Gasteiger partial charge in [-0.25, -0.2) is 0 Å². The van der Waals surface area contributed by atoms with E-state index in [0.717, 1.165) is 23.2 Å². The van der Waals surface area contributed by atoms with Crippen LogP contribution in [0.3, 0.4) is 0 Å². The molecule has 1 unspecified atom stereocenters. The zero-order valence-corrected chi connectivity index (χ0v) is 20.3. The van der Waals surface area contributed by atoms with Crippen molar-refractivity contribution in [3.8, 4) is 6.07 Å². The summed E-state index contributed by atoms with van der Waals surface area (Å²) in [5.74, 6) is -0.507. The van der Waals surface area contributed by atoms with Gasteiger partial charge in [-0.15, -0.1) is 0 Å². The van der Waals surface area contributed by atoms with Crippen LogP contribution in [0, 0.1) is 24.2 Å². The number of nitriles is 1. The molecule has 35 heavy (non-hydrogen) atoms. The van der Waals surface area contributed by atoms with Gasteiger partial charge in [-0.05, 0) is 59.9 Å². The molecule has 176 valence electrons. The molecule has 6 nitrogen and oxygen atoms in total.